The summed E-state index contributed by atoms with van der Waals surface area (Å²) in [5.74, 6) is 0.953. The van der Waals surface area contributed by atoms with E-state index in [9.17, 15) is 13.2 Å². The molecule has 2 aromatic rings. The highest BCUT2D eigenvalue weighted by molar-refractivity contribution is 7.92. The number of benzene rings is 2. The fourth-order valence-electron chi connectivity index (χ4n) is 3.20. The number of ether oxygens (including phenoxy) is 4. The van der Waals surface area contributed by atoms with E-state index in [1.54, 1.807) is 29.2 Å². The van der Waals surface area contributed by atoms with Gasteiger partial charge in [-0.3, -0.25) is 9.10 Å². The number of hydrogen-bond acceptors (Lipinski definition) is 7. The maximum Gasteiger partial charge on any atom is 0.264 e. The standard InChI is InChI=1S/C21H26N2O7S/c1-27-17-6-4-16(5-7-17)23(15-21(24)22-10-12-30-13-11-22)31(25,26)18-8-9-19(28-2)20(14-18)29-3/h4-9,14H,10-13,15H2,1-3H3. The van der Waals surface area contributed by atoms with Crippen LogP contribution in [0.1, 0.15) is 0 Å². The lowest BCUT2D eigenvalue weighted by molar-refractivity contribution is -0.133. The first-order valence-electron chi connectivity index (χ1n) is 9.65. The van der Waals surface area contributed by atoms with Gasteiger partial charge in [0, 0.05) is 19.2 Å². The molecular formula is C21H26N2O7S. The molecule has 3 rings (SSSR count). The van der Waals surface area contributed by atoms with Crippen molar-refractivity contribution >= 4 is 21.6 Å². The fraction of sp³-hybridized carbons (Fsp3) is 0.381. The van der Waals surface area contributed by atoms with Crippen molar-refractivity contribution in [2.45, 2.75) is 4.90 Å². The van der Waals surface area contributed by atoms with E-state index in [1.165, 1.54) is 39.5 Å². The van der Waals surface area contributed by atoms with E-state index in [1.807, 2.05) is 0 Å². The number of anilines is 1. The Bertz CT molecular complexity index is 1000. The number of amides is 1. The van der Waals surface area contributed by atoms with Crippen molar-refractivity contribution in [3.8, 4) is 17.2 Å². The average molecular weight is 451 g/mol. The summed E-state index contributed by atoms with van der Waals surface area (Å²) in [5.41, 5.74) is 0.345. The summed E-state index contributed by atoms with van der Waals surface area (Å²) in [5, 5.41) is 0. The normalized spacial score (nSPS) is 14.1. The number of methoxy groups -OCH3 is 3. The summed E-state index contributed by atoms with van der Waals surface area (Å²) in [6.45, 7) is 1.35. The molecule has 1 fully saturated rings. The molecule has 1 amide bonds. The molecule has 0 radical (unpaired) electrons. The molecule has 0 saturated carbocycles. The van der Waals surface area contributed by atoms with Crippen LogP contribution in [0.4, 0.5) is 5.69 Å². The van der Waals surface area contributed by atoms with Crippen LogP contribution in [0.2, 0.25) is 0 Å². The zero-order chi connectivity index (χ0) is 22.4. The third-order valence-electron chi connectivity index (χ3n) is 4.95. The summed E-state index contributed by atoms with van der Waals surface area (Å²) < 4.78 is 49.1. The Morgan fingerprint density at radius 3 is 2.19 bits per heavy atom. The maximum atomic E-state index is 13.6. The quantitative estimate of drug-likeness (QED) is 0.605. The molecule has 168 valence electrons. The predicted octanol–water partition coefficient (Wildman–Crippen LogP) is 1.77. The van der Waals surface area contributed by atoms with Crippen molar-refractivity contribution < 1.29 is 32.2 Å². The van der Waals surface area contributed by atoms with E-state index < -0.39 is 10.0 Å². The molecule has 10 heteroatoms. The number of carbonyl (C=O) groups excluding carboxylic acids is 1. The molecule has 1 aliphatic rings. The summed E-state index contributed by atoms with van der Waals surface area (Å²) >= 11 is 0. The predicted molar refractivity (Wildman–Crippen MR) is 114 cm³/mol. The molecule has 31 heavy (non-hydrogen) atoms. The van der Waals surface area contributed by atoms with Gasteiger partial charge in [0.05, 0.1) is 45.1 Å². The number of sulfonamides is 1. The van der Waals surface area contributed by atoms with Crippen molar-refractivity contribution in [1.29, 1.82) is 0 Å². The summed E-state index contributed by atoms with van der Waals surface area (Å²) in [6, 6.07) is 10.8. The maximum absolute atomic E-state index is 13.6. The summed E-state index contributed by atoms with van der Waals surface area (Å²) in [7, 11) is 0.333. The van der Waals surface area contributed by atoms with Crippen molar-refractivity contribution in [3.63, 3.8) is 0 Å². The Morgan fingerprint density at radius 1 is 0.968 bits per heavy atom. The highest BCUT2D eigenvalue weighted by Gasteiger charge is 2.30. The molecule has 2 aromatic carbocycles. The van der Waals surface area contributed by atoms with E-state index in [-0.39, 0.29) is 23.1 Å². The molecule has 0 spiro atoms. The van der Waals surface area contributed by atoms with Gasteiger partial charge in [-0.15, -0.1) is 0 Å². The number of hydrogen-bond donors (Lipinski definition) is 0. The fourth-order valence-corrected chi connectivity index (χ4v) is 4.63. The van der Waals surface area contributed by atoms with E-state index in [0.29, 0.717) is 43.5 Å². The molecule has 0 aliphatic carbocycles. The van der Waals surface area contributed by atoms with Crippen molar-refractivity contribution in [3.05, 3.63) is 42.5 Å². The molecule has 9 nitrogen and oxygen atoms in total. The topological polar surface area (TPSA) is 94.6 Å². The SMILES string of the molecule is COc1ccc(N(CC(=O)N2CCOCC2)S(=O)(=O)c2ccc(OC)c(OC)c2)cc1. The molecule has 1 saturated heterocycles. The van der Waals surface area contributed by atoms with Gasteiger partial charge in [-0.25, -0.2) is 8.42 Å². The molecule has 1 heterocycles. The zero-order valence-corrected chi connectivity index (χ0v) is 18.6. The Kier molecular flexibility index (Phi) is 7.24. The van der Waals surface area contributed by atoms with Gasteiger partial charge in [-0.1, -0.05) is 0 Å². The van der Waals surface area contributed by atoms with Gasteiger partial charge in [0.1, 0.15) is 12.3 Å². The number of carbonyl (C=O) groups is 1. The van der Waals surface area contributed by atoms with E-state index in [2.05, 4.69) is 0 Å². The minimum Gasteiger partial charge on any atom is -0.497 e. The van der Waals surface area contributed by atoms with Gasteiger partial charge >= 0.3 is 0 Å². The molecule has 0 aromatic heterocycles. The number of nitrogens with zero attached hydrogens (tertiary/aromatic N) is 2. The smallest absolute Gasteiger partial charge is 0.264 e. The van der Waals surface area contributed by atoms with Gasteiger partial charge in [0.15, 0.2) is 11.5 Å². The molecular weight excluding hydrogens is 424 g/mol. The second-order valence-corrected chi connectivity index (χ2v) is 8.58. The first kappa shape index (κ1) is 22.7. The van der Waals surface area contributed by atoms with Gasteiger partial charge in [0.25, 0.3) is 10.0 Å². The Morgan fingerprint density at radius 2 is 1.61 bits per heavy atom. The first-order valence-corrected chi connectivity index (χ1v) is 11.1. The van der Waals surface area contributed by atoms with Crippen LogP contribution in [0, 0.1) is 0 Å². The number of morpholine rings is 1. The van der Waals surface area contributed by atoms with E-state index in [0.717, 1.165) is 4.31 Å². The van der Waals surface area contributed by atoms with Gasteiger partial charge in [0.2, 0.25) is 5.91 Å². The van der Waals surface area contributed by atoms with Crippen molar-refractivity contribution in [2.75, 3.05) is 58.5 Å². The first-order chi connectivity index (χ1) is 14.9. The zero-order valence-electron chi connectivity index (χ0n) is 17.7. The average Bonchev–Trinajstić information content (AvgIpc) is 2.82. The largest absolute Gasteiger partial charge is 0.497 e. The monoisotopic (exact) mass is 450 g/mol. The molecule has 0 N–H and O–H groups in total. The van der Waals surface area contributed by atoms with Crippen LogP contribution in [-0.2, 0) is 19.6 Å². The minimum absolute atomic E-state index is 0.0178. The van der Waals surface area contributed by atoms with Gasteiger partial charge < -0.3 is 23.8 Å². The van der Waals surface area contributed by atoms with Crippen LogP contribution >= 0.6 is 0 Å². The van der Waals surface area contributed by atoms with Crippen molar-refractivity contribution in [2.24, 2.45) is 0 Å². The minimum atomic E-state index is -4.09. The Hall–Kier alpha value is -2.98. The third kappa shape index (κ3) is 5.02. The second kappa shape index (κ2) is 9.88. The second-order valence-electron chi connectivity index (χ2n) is 6.72. The highest BCUT2D eigenvalue weighted by atomic mass is 32.2. The lowest BCUT2D eigenvalue weighted by Crippen LogP contribution is -2.47. The van der Waals surface area contributed by atoms with Crippen LogP contribution in [0.15, 0.2) is 47.4 Å². The Balaban J connectivity index is 2.00. The lowest BCUT2D eigenvalue weighted by atomic mass is 10.3. The molecule has 0 bridgehead atoms. The lowest BCUT2D eigenvalue weighted by Gasteiger charge is -2.30. The van der Waals surface area contributed by atoms with Crippen LogP contribution < -0.4 is 18.5 Å². The van der Waals surface area contributed by atoms with E-state index >= 15 is 0 Å². The van der Waals surface area contributed by atoms with Gasteiger partial charge in [-0.2, -0.15) is 0 Å². The molecule has 0 atom stereocenters. The van der Waals surface area contributed by atoms with Crippen molar-refractivity contribution in [1.82, 2.24) is 4.90 Å². The van der Waals surface area contributed by atoms with Crippen LogP contribution in [0.3, 0.4) is 0 Å². The van der Waals surface area contributed by atoms with Crippen LogP contribution in [0.25, 0.3) is 0 Å². The third-order valence-corrected chi connectivity index (χ3v) is 6.72. The molecule has 1 aliphatic heterocycles. The summed E-state index contributed by atoms with van der Waals surface area (Å²) in [6.07, 6.45) is 0. The number of rotatable bonds is 8. The Labute approximate surface area is 182 Å². The molecule has 0 unspecified atom stereocenters. The van der Waals surface area contributed by atoms with Crippen LogP contribution in [-0.4, -0.2) is 73.4 Å². The highest BCUT2D eigenvalue weighted by Crippen LogP contribution is 2.32. The van der Waals surface area contributed by atoms with E-state index in [4.69, 9.17) is 18.9 Å². The van der Waals surface area contributed by atoms with Crippen LogP contribution in [0.5, 0.6) is 17.2 Å². The van der Waals surface area contributed by atoms with Gasteiger partial charge in [-0.05, 0) is 36.4 Å². The summed E-state index contributed by atoms with van der Waals surface area (Å²) in [4.78, 5) is 14.5.